The molecular formula is C16H19N3O. The Morgan fingerprint density at radius 2 is 1.90 bits per heavy atom. The number of ketones is 1. The van der Waals surface area contributed by atoms with Gasteiger partial charge < -0.3 is 0 Å². The van der Waals surface area contributed by atoms with Crippen LogP contribution in [0.15, 0.2) is 24.3 Å². The minimum atomic E-state index is 0.0214. The van der Waals surface area contributed by atoms with Gasteiger partial charge in [-0.15, -0.1) is 0 Å². The minimum absolute atomic E-state index is 0.0214. The molecule has 0 fully saturated rings. The predicted molar refractivity (Wildman–Crippen MR) is 77.0 cm³/mol. The van der Waals surface area contributed by atoms with E-state index in [-0.39, 0.29) is 5.78 Å². The van der Waals surface area contributed by atoms with E-state index >= 15 is 0 Å². The molecule has 0 radical (unpaired) electrons. The average molecular weight is 269 g/mol. The highest BCUT2D eigenvalue weighted by Gasteiger charge is 2.13. The van der Waals surface area contributed by atoms with E-state index in [1.54, 1.807) is 24.3 Å². The molecular weight excluding hydrogens is 250 g/mol. The Morgan fingerprint density at radius 1 is 1.25 bits per heavy atom. The zero-order chi connectivity index (χ0) is 15.0. The van der Waals surface area contributed by atoms with Crippen LogP contribution in [0.5, 0.6) is 0 Å². The van der Waals surface area contributed by atoms with Crippen LogP contribution in [0.1, 0.15) is 36.2 Å². The summed E-state index contributed by atoms with van der Waals surface area (Å²) in [6.07, 6.45) is 0.424. The minimum Gasteiger partial charge on any atom is -0.295 e. The number of Topliss-reactive ketones (excluding diaryl/α,β-unsaturated/α-hetero) is 1. The Balaban J connectivity index is 2.68. The first-order chi connectivity index (χ1) is 9.56. The van der Waals surface area contributed by atoms with Crippen LogP contribution in [0.4, 0.5) is 0 Å². The zero-order valence-corrected chi connectivity index (χ0v) is 12.0. The van der Waals surface area contributed by atoms with Gasteiger partial charge in [0.15, 0.2) is 5.78 Å². The maximum atomic E-state index is 12.2. The second-order valence-corrected chi connectivity index (χ2v) is 5.15. The third-order valence-electron chi connectivity index (χ3n) is 2.87. The number of nitrogens with zero attached hydrogens (tertiary/aromatic N) is 3. The van der Waals surface area contributed by atoms with Crippen LogP contribution in [0.25, 0.3) is 0 Å². The van der Waals surface area contributed by atoms with Crippen molar-refractivity contribution >= 4 is 5.78 Å². The lowest BCUT2D eigenvalue weighted by atomic mass is 10.1. The Kier molecular flexibility index (Phi) is 6.43. The molecule has 0 N–H and O–H groups in total. The van der Waals surface area contributed by atoms with Crippen molar-refractivity contribution in [2.75, 3.05) is 19.6 Å². The van der Waals surface area contributed by atoms with Crippen molar-refractivity contribution in [2.24, 2.45) is 5.92 Å². The first kappa shape index (κ1) is 15.9. The number of hydrogen-bond donors (Lipinski definition) is 0. The normalized spacial score (nSPS) is 10.3. The fraction of sp³-hybridized carbons (Fsp3) is 0.438. The largest absolute Gasteiger partial charge is 0.295 e. The lowest BCUT2D eigenvalue weighted by molar-refractivity contribution is 0.0924. The van der Waals surface area contributed by atoms with Gasteiger partial charge in [-0.25, -0.2) is 0 Å². The van der Waals surface area contributed by atoms with Gasteiger partial charge in [0, 0.05) is 25.1 Å². The second kappa shape index (κ2) is 8.09. The first-order valence-electron chi connectivity index (χ1n) is 6.69. The summed E-state index contributed by atoms with van der Waals surface area (Å²) in [6, 6.07) is 10.8. The van der Waals surface area contributed by atoms with Crippen molar-refractivity contribution in [1.29, 1.82) is 10.5 Å². The van der Waals surface area contributed by atoms with E-state index in [2.05, 4.69) is 19.9 Å². The lowest BCUT2D eigenvalue weighted by Crippen LogP contribution is -2.33. The van der Waals surface area contributed by atoms with Crippen molar-refractivity contribution in [3.63, 3.8) is 0 Å². The van der Waals surface area contributed by atoms with Crippen LogP contribution in [0, 0.1) is 28.6 Å². The predicted octanol–water partition coefficient (Wildman–Crippen LogP) is 2.61. The van der Waals surface area contributed by atoms with E-state index in [1.165, 1.54) is 0 Å². The van der Waals surface area contributed by atoms with Gasteiger partial charge in [-0.3, -0.25) is 9.69 Å². The SMILES string of the molecule is CC(C)CN(CCC#N)CC(=O)c1ccc(C#N)cc1. The van der Waals surface area contributed by atoms with Gasteiger partial charge in [-0.2, -0.15) is 10.5 Å². The lowest BCUT2D eigenvalue weighted by Gasteiger charge is -2.22. The Morgan fingerprint density at radius 3 is 2.40 bits per heavy atom. The van der Waals surface area contributed by atoms with Gasteiger partial charge in [0.05, 0.1) is 24.2 Å². The van der Waals surface area contributed by atoms with Crippen LogP contribution in [-0.4, -0.2) is 30.3 Å². The molecule has 0 unspecified atom stereocenters. The fourth-order valence-electron chi connectivity index (χ4n) is 1.98. The van der Waals surface area contributed by atoms with Crippen molar-refractivity contribution in [3.05, 3.63) is 35.4 Å². The van der Waals surface area contributed by atoms with Crippen LogP contribution >= 0.6 is 0 Å². The van der Waals surface area contributed by atoms with E-state index in [0.29, 0.717) is 36.6 Å². The quantitative estimate of drug-likeness (QED) is 0.713. The Bertz CT molecular complexity index is 520. The molecule has 0 heterocycles. The zero-order valence-electron chi connectivity index (χ0n) is 12.0. The summed E-state index contributed by atoms with van der Waals surface area (Å²) < 4.78 is 0. The molecule has 20 heavy (non-hydrogen) atoms. The molecule has 0 saturated heterocycles. The highest BCUT2D eigenvalue weighted by molar-refractivity contribution is 5.97. The summed E-state index contributed by atoms with van der Waals surface area (Å²) >= 11 is 0. The summed E-state index contributed by atoms with van der Waals surface area (Å²) in [5.74, 6) is 0.468. The summed E-state index contributed by atoms with van der Waals surface area (Å²) in [4.78, 5) is 14.2. The van der Waals surface area contributed by atoms with Gasteiger partial charge in [-0.05, 0) is 18.1 Å². The van der Waals surface area contributed by atoms with Crippen LogP contribution in [0.2, 0.25) is 0 Å². The summed E-state index contributed by atoms with van der Waals surface area (Å²) in [5, 5.41) is 17.4. The number of nitriles is 2. The molecule has 0 aliphatic rings. The van der Waals surface area contributed by atoms with Crippen molar-refractivity contribution in [1.82, 2.24) is 4.90 Å². The molecule has 4 heteroatoms. The molecule has 0 saturated carbocycles. The van der Waals surface area contributed by atoms with Gasteiger partial charge >= 0.3 is 0 Å². The molecule has 0 spiro atoms. The summed E-state index contributed by atoms with van der Waals surface area (Å²) in [5.41, 5.74) is 1.15. The number of carbonyl (C=O) groups is 1. The second-order valence-electron chi connectivity index (χ2n) is 5.15. The molecule has 1 aromatic carbocycles. The van der Waals surface area contributed by atoms with Crippen molar-refractivity contribution in [2.45, 2.75) is 20.3 Å². The molecule has 1 rings (SSSR count). The van der Waals surface area contributed by atoms with Gasteiger partial charge in [-0.1, -0.05) is 26.0 Å². The molecule has 0 aromatic heterocycles. The van der Waals surface area contributed by atoms with Crippen molar-refractivity contribution in [3.8, 4) is 12.1 Å². The third-order valence-corrected chi connectivity index (χ3v) is 2.87. The average Bonchev–Trinajstić information content (AvgIpc) is 2.44. The molecule has 4 nitrogen and oxygen atoms in total. The standard InChI is InChI=1S/C16H19N3O/c1-13(2)11-19(9-3-8-17)12-16(20)15-6-4-14(10-18)5-7-15/h4-7,13H,3,9,11-12H2,1-2H3. The number of hydrogen-bond acceptors (Lipinski definition) is 4. The number of carbonyl (C=O) groups excluding carboxylic acids is 1. The summed E-state index contributed by atoms with van der Waals surface area (Å²) in [7, 11) is 0. The van der Waals surface area contributed by atoms with Crippen LogP contribution in [-0.2, 0) is 0 Å². The molecule has 1 aromatic rings. The van der Waals surface area contributed by atoms with Crippen molar-refractivity contribution < 1.29 is 4.79 Å². The van der Waals surface area contributed by atoms with Crippen LogP contribution in [0.3, 0.4) is 0 Å². The first-order valence-corrected chi connectivity index (χ1v) is 6.69. The highest BCUT2D eigenvalue weighted by atomic mass is 16.1. The van der Waals surface area contributed by atoms with Gasteiger partial charge in [0.25, 0.3) is 0 Å². The molecule has 0 amide bonds. The topological polar surface area (TPSA) is 67.9 Å². The van der Waals surface area contributed by atoms with E-state index in [9.17, 15) is 4.79 Å². The monoisotopic (exact) mass is 269 g/mol. The summed E-state index contributed by atoms with van der Waals surface area (Å²) in [6.45, 7) is 5.89. The van der Waals surface area contributed by atoms with E-state index in [4.69, 9.17) is 10.5 Å². The van der Waals surface area contributed by atoms with Gasteiger partial charge in [0.1, 0.15) is 0 Å². The number of benzene rings is 1. The van der Waals surface area contributed by atoms with Crippen LogP contribution < -0.4 is 0 Å². The maximum absolute atomic E-state index is 12.2. The maximum Gasteiger partial charge on any atom is 0.176 e. The Hall–Kier alpha value is -2.17. The smallest absolute Gasteiger partial charge is 0.176 e. The van der Waals surface area contributed by atoms with E-state index in [1.807, 2.05) is 11.0 Å². The van der Waals surface area contributed by atoms with E-state index < -0.39 is 0 Å². The van der Waals surface area contributed by atoms with Gasteiger partial charge in [0.2, 0.25) is 0 Å². The molecule has 0 bridgehead atoms. The number of rotatable bonds is 7. The molecule has 0 aliphatic heterocycles. The van der Waals surface area contributed by atoms with E-state index in [0.717, 1.165) is 6.54 Å². The third kappa shape index (κ3) is 5.22. The fourth-order valence-corrected chi connectivity index (χ4v) is 1.98. The molecule has 0 aliphatic carbocycles. The molecule has 104 valence electrons. The highest BCUT2D eigenvalue weighted by Crippen LogP contribution is 2.07. The molecule has 0 atom stereocenters. The Labute approximate surface area is 120 Å².